The fourth-order valence-electron chi connectivity index (χ4n) is 1.52. The summed E-state index contributed by atoms with van der Waals surface area (Å²) in [4.78, 5) is 14.2. The van der Waals surface area contributed by atoms with Crippen molar-refractivity contribution in [3.05, 3.63) is 28.4 Å². The van der Waals surface area contributed by atoms with E-state index in [1.54, 1.807) is 0 Å². The van der Waals surface area contributed by atoms with Crippen molar-refractivity contribution in [1.29, 1.82) is 0 Å². The molecule has 0 aliphatic rings. The average Bonchev–Trinajstić information content (AvgIpc) is 2.34. The van der Waals surface area contributed by atoms with Gasteiger partial charge in [-0.2, -0.15) is 0 Å². The highest BCUT2D eigenvalue weighted by Crippen LogP contribution is 2.15. The van der Waals surface area contributed by atoms with Gasteiger partial charge in [0.1, 0.15) is 5.82 Å². The van der Waals surface area contributed by atoms with E-state index >= 15 is 0 Å². The molecule has 3 N–H and O–H groups in total. The highest BCUT2D eigenvalue weighted by molar-refractivity contribution is 5.44. The van der Waals surface area contributed by atoms with Crippen molar-refractivity contribution in [1.82, 2.24) is 4.98 Å². The van der Waals surface area contributed by atoms with E-state index in [1.165, 1.54) is 18.3 Å². The number of nitrogens with two attached hydrogens (primary N) is 1. The molecule has 1 rings (SSSR count). The topological polar surface area (TPSA) is 94.1 Å². The highest BCUT2D eigenvalue weighted by Gasteiger charge is 2.10. The molecule has 0 saturated carbocycles. The Balaban J connectivity index is 2.65. The monoisotopic (exact) mass is 238 g/mol. The smallest absolute Gasteiger partial charge is 0.274 e. The summed E-state index contributed by atoms with van der Waals surface area (Å²) in [6.07, 6.45) is 4.54. The minimum atomic E-state index is -0.434. The van der Waals surface area contributed by atoms with Crippen LogP contribution in [0.1, 0.15) is 26.2 Å². The molecule has 1 unspecified atom stereocenters. The summed E-state index contributed by atoms with van der Waals surface area (Å²) in [5, 5.41) is 13.7. The Hall–Kier alpha value is -1.69. The molecule has 0 saturated heterocycles. The van der Waals surface area contributed by atoms with E-state index in [1.807, 2.05) is 0 Å². The molecule has 0 aromatic carbocycles. The van der Waals surface area contributed by atoms with Crippen molar-refractivity contribution in [2.75, 3.05) is 11.9 Å². The first kappa shape index (κ1) is 13.4. The van der Waals surface area contributed by atoms with Gasteiger partial charge in [0.25, 0.3) is 5.69 Å². The van der Waals surface area contributed by atoms with Crippen LogP contribution < -0.4 is 11.1 Å². The molecule has 0 radical (unpaired) electrons. The summed E-state index contributed by atoms with van der Waals surface area (Å²) >= 11 is 0. The minimum Gasteiger partial charge on any atom is -0.366 e. The molecule has 1 heterocycles. The fraction of sp³-hybridized carbons (Fsp3) is 0.545. The van der Waals surface area contributed by atoms with Crippen LogP contribution in [0.15, 0.2) is 18.3 Å². The standard InChI is InChI=1S/C11H18N4O2/c1-2-3-4-9(8-12)14-11-7-10(15(16)17)5-6-13-11/h5-7,9H,2-4,8,12H2,1H3,(H,13,14). The summed E-state index contributed by atoms with van der Waals surface area (Å²) in [6.45, 7) is 2.60. The predicted molar refractivity (Wildman–Crippen MR) is 66.9 cm³/mol. The lowest BCUT2D eigenvalue weighted by atomic mass is 10.1. The summed E-state index contributed by atoms with van der Waals surface area (Å²) in [7, 11) is 0. The van der Waals surface area contributed by atoms with Gasteiger partial charge in [0, 0.05) is 24.8 Å². The number of anilines is 1. The summed E-state index contributed by atoms with van der Waals surface area (Å²) in [5.41, 5.74) is 5.67. The molecule has 1 aromatic heterocycles. The van der Waals surface area contributed by atoms with E-state index in [9.17, 15) is 10.1 Å². The quantitative estimate of drug-likeness (QED) is 0.559. The van der Waals surface area contributed by atoms with Crippen LogP contribution in [0.25, 0.3) is 0 Å². The van der Waals surface area contributed by atoms with Gasteiger partial charge in [0.15, 0.2) is 0 Å². The van der Waals surface area contributed by atoms with Gasteiger partial charge in [-0.15, -0.1) is 0 Å². The first-order valence-electron chi connectivity index (χ1n) is 5.74. The maximum Gasteiger partial charge on any atom is 0.274 e. The number of unbranched alkanes of at least 4 members (excludes halogenated alkanes) is 1. The van der Waals surface area contributed by atoms with Crippen LogP contribution in [-0.4, -0.2) is 22.5 Å². The third-order valence-electron chi connectivity index (χ3n) is 2.50. The van der Waals surface area contributed by atoms with Gasteiger partial charge in [-0.25, -0.2) is 4.98 Å². The molecule has 6 nitrogen and oxygen atoms in total. The normalized spacial score (nSPS) is 12.1. The Morgan fingerprint density at radius 3 is 3.00 bits per heavy atom. The van der Waals surface area contributed by atoms with Crippen molar-refractivity contribution < 1.29 is 4.92 Å². The molecule has 0 bridgehead atoms. The number of pyridine rings is 1. The van der Waals surface area contributed by atoms with E-state index in [-0.39, 0.29) is 11.7 Å². The van der Waals surface area contributed by atoms with Gasteiger partial charge >= 0.3 is 0 Å². The molecule has 1 aromatic rings. The third kappa shape index (κ3) is 4.36. The Bertz CT molecular complexity index is 370. The van der Waals surface area contributed by atoms with Crippen molar-refractivity contribution in [3.63, 3.8) is 0 Å². The van der Waals surface area contributed by atoms with Crippen LogP contribution in [0.5, 0.6) is 0 Å². The zero-order chi connectivity index (χ0) is 12.7. The minimum absolute atomic E-state index is 0.0359. The number of hydrogen-bond acceptors (Lipinski definition) is 5. The van der Waals surface area contributed by atoms with Gasteiger partial charge in [-0.05, 0) is 6.42 Å². The fourth-order valence-corrected chi connectivity index (χ4v) is 1.52. The molecule has 6 heteroatoms. The Morgan fingerprint density at radius 1 is 1.65 bits per heavy atom. The molecule has 0 amide bonds. The molecule has 0 spiro atoms. The van der Waals surface area contributed by atoms with E-state index in [4.69, 9.17) is 5.73 Å². The molecule has 0 aliphatic carbocycles. The van der Waals surface area contributed by atoms with Crippen LogP contribution >= 0.6 is 0 Å². The van der Waals surface area contributed by atoms with Crippen LogP contribution in [0.4, 0.5) is 11.5 Å². The Kier molecular flexibility index (Phi) is 5.35. The largest absolute Gasteiger partial charge is 0.366 e. The number of nitro groups is 1. The Labute approximate surface area is 100 Å². The van der Waals surface area contributed by atoms with Crippen molar-refractivity contribution in [2.45, 2.75) is 32.2 Å². The van der Waals surface area contributed by atoms with Crippen LogP contribution in [0.2, 0.25) is 0 Å². The van der Waals surface area contributed by atoms with Crippen LogP contribution in [0, 0.1) is 10.1 Å². The molecule has 94 valence electrons. The zero-order valence-corrected chi connectivity index (χ0v) is 9.93. The van der Waals surface area contributed by atoms with E-state index in [2.05, 4.69) is 17.2 Å². The van der Waals surface area contributed by atoms with Gasteiger partial charge < -0.3 is 11.1 Å². The van der Waals surface area contributed by atoms with Gasteiger partial charge in [0.05, 0.1) is 11.0 Å². The first-order valence-corrected chi connectivity index (χ1v) is 5.74. The number of rotatable bonds is 7. The molecule has 0 aliphatic heterocycles. The zero-order valence-electron chi connectivity index (χ0n) is 9.93. The molecular formula is C11H18N4O2. The number of nitrogens with zero attached hydrogens (tertiary/aromatic N) is 2. The second kappa shape index (κ2) is 6.80. The Morgan fingerprint density at radius 2 is 2.41 bits per heavy atom. The van der Waals surface area contributed by atoms with E-state index < -0.39 is 4.92 Å². The molecular weight excluding hydrogens is 220 g/mol. The van der Waals surface area contributed by atoms with Gasteiger partial charge in [-0.3, -0.25) is 10.1 Å². The van der Waals surface area contributed by atoms with E-state index in [0.717, 1.165) is 19.3 Å². The van der Waals surface area contributed by atoms with Crippen LogP contribution in [0.3, 0.4) is 0 Å². The summed E-state index contributed by atoms with van der Waals surface area (Å²) in [6, 6.07) is 2.91. The van der Waals surface area contributed by atoms with Crippen molar-refractivity contribution in [2.24, 2.45) is 5.73 Å². The lowest BCUT2D eigenvalue weighted by Gasteiger charge is -2.16. The number of nitrogens with one attached hydrogen (secondary N) is 1. The second-order valence-corrected chi connectivity index (χ2v) is 3.88. The SMILES string of the molecule is CCCCC(CN)Nc1cc([N+](=O)[O-])ccn1. The van der Waals surface area contributed by atoms with Gasteiger partial charge in [-0.1, -0.05) is 19.8 Å². The summed E-state index contributed by atoms with van der Waals surface area (Å²) in [5.74, 6) is 0.505. The van der Waals surface area contributed by atoms with Crippen molar-refractivity contribution >= 4 is 11.5 Å². The third-order valence-corrected chi connectivity index (χ3v) is 2.50. The highest BCUT2D eigenvalue weighted by atomic mass is 16.6. The van der Waals surface area contributed by atoms with E-state index in [0.29, 0.717) is 12.4 Å². The molecule has 1 atom stereocenters. The number of aromatic nitrogens is 1. The second-order valence-electron chi connectivity index (χ2n) is 3.88. The number of hydrogen-bond donors (Lipinski definition) is 2. The lowest BCUT2D eigenvalue weighted by Crippen LogP contribution is -2.29. The summed E-state index contributed by atoms with van der Waals surface area (Å²) < 4.78 is 0. The first-order chi connectivity index (χ1) is 8.17. The molecule has 17 heavy (non-hydrogen) atoms. The van der Waals surface area contributed by atoms with Gasteiger partial charge in [0.2, 0.25) is 0 Å². The maximum atomic E-state index is 10.6. The van der Waals surface area contributed by atoms with Crippen molar-refractivity contribution in [3.8, 4) is 0 Å². The maximum absolute atomic E-state index is 10.6. The lowest BCUT2D eigenvalue weighted by molar-refractivity contribution is -0.384. The van der Waals surface area contributed by atoms with Crippen LogP contribution in [-0.2, 0) is 0 Å². The predicted octanol–water partition coefficient (Wildman–Crippen LogP) is 1.92. The molecule has 0 fully saturated rings. The average molecular weight is 238 g/mol.